The molecule has 2 amide bonds. The summed E-state index contributed by atoms with van der Waals surface area (Å²) in [6.45, 7) is 5.55. The van der Waals surface area contributed by atoms with E-state index in [1.54, 1.807) is 29.2 Å². The van der Waals surface area contributed by atoms with Crippen LogP contribution in [0.25, 0.3) is 0 Å². The zero-order valence-electron chi connectivity index (χ0n) is 15.8. The van der Waals surface area contributed by atoms with Crippen LogP contribution in [-0.4, -0.2) is 29.8 Å². The fourth-order valence-electron chi connectivity index (χ4n) is 3.50. The molecule has 0 radical (unpaired) electrons. The summed E-state index contributed by atoms with van der Waals surface area (Å²) >= 11 is 6.01. The quantitative estimate of drug-likeness (QED) is 0.858. The van der Waals surface area contributed by atoms with E-state index in [1.165, 1.54) is 5.56 Å². The Labute approximate surface area is 165 Å². The fourth-order valence-corrected chi connectivity index (χ4v) is 3.69. The second-order valence-corrected chi connectivity index (χ2v) is 8.01. The number of carbonyl (C=O) groups is 2. The highest BCUT2D eigenvalue weighted by Gasteiger charge is 2.39. The number of nitrogens with one attached hydrogen (secondary N) is 1. The van der Waals surface area contributed by atoms with Crippen LogP contribution in [-0.2, 0) is 11.3 Å². The van der Waals surface area contributed by atoms with Crippen LogP contribution >= 0.6 is 11.6 Å². The van der Waals surface area contributed by atoms with Gasteiger partial charge in [-0.15, -0.1) is 0 Å². The summed E-state index contributed by atoms with van der Waals surface area (Å²) in [4.78, 5) is 27.4. The fraction of sp³-hybridized carbons (Fsp3) is 0.364. The summed E-state index contributed by atoms with van der Waals surface area (Å²) in [5.74, 6) is -0.0820. The van der Waals surface area contributed by atoms with Gasteiger partial charge < -0.3 is 10.2 Å². The van der Waals surface area contributed by atoms with E-state index in [0.717, 1.165) is 18.4 Å². The lowest BCUT2D eigenvalue weighted by Crippen LogP contribution is -2.51. The average molecular weight is 385 g/mol. The van der Waals surface area contributed by atoms with Gasteiger partial charge in [0.05, 0.1) is 5.41 Å². The molecular weight excluding hydrogens is 360 g/mol. The highest BCUT2D eigenvalue weighted by Crippen LogP contribution is 2.31. The molecule has 1 atom stereocenters. The highest BCUT2D eigenvalue weighted by molar-refractivity contribution is 6.30. The van der Waals surface area contributed by atoms with Crippen LogP contribution in [0.15, 0.2) is 48.5 Å². The second kappa shape index (κ2) is 8.13. The van der Waals surface area contributed by atoms with E-state index < -0.39 is 5.41 Å². The lowest BCUT2D eigenvalue weighted by molar-refractivity contribution is -0.132. The standard InChI is InChI=1S/C22H25ClN2O2/c1-16-7-9-17(10-8-16)14-24-21(27)22(2)11-4-12-25(15-22)20(26)18-5-3-6-19(23)13-18/h3,5-10,13H,4,11-12,14-15H2,1-2H3,(H,24,27). The normalized spacial score (nSPS) is 19.6. The molecule has 2 aromatic rings. The van der Waals surface area contributed by atoms with Crippen molar-refractivity contribution in [2.45, 2.75) is 33.2 Å². The number of hydrogen-bond acceptors (Lipinski definition) is 2. The first-order valence-electron chi connectivity index (χ1n) is 9.26. The minimum atomic E-state index is -0.586. The molecular formula is C22H25ClN2O2. The molecule has 1 fully saturated rings. The molecule has 1 unspecified atom stereocenters. The topological polar surface area (TPSA) is 49.4 Å². The van der Waals surface area contributed by atoms with Gasteiger partial charge in [-0.05, 0) is 50.5 Å². The van der Waals surface area contributed by atoms with E-state index in [4.69, 9.17) is 11.6 Å². The third kappa shape index (κ3) is 4.69. The highest BCUT2D eigenvalue weighted by atomic mass is 35.5. The number of rotatable bonds is 4. The maximum atomic E-state index is 12.8. The van der Waals surface area contributed by atoms with Gasteiger partial charge in [-0.3, -0.25) is 9.59 Å². The number of carbonyl (C=O) groups excluding carboxylic acids is 2. The molecule has 4 nitrogen and oxygen atoms in total. The van der Waals surface area contributed by atoms with Gasteiger partial charge in [0.25, 0.3) is 5.91 Å². The Hall–Kier alpha value is -2.33. The molecule has 0 aliphatic carbocycles. The van der Waals surface area contributed by atoms with Crippen LogP contribution in [0, 0.1) is 12.3 Å². The molecule has 3 rings (SSSR count). The summed E-state index contributed by atoms with van der Waals surface area (Å²) < 4.78 is 0. The van der Waals surface area contributed by atoms with Crippen LogP contribution < -0.4 is 5.32 Å². The van der Waals surface area contributed by atoms with Gasteiger partial charge in [0, 0.05) is 30.2 Å². The Morgan fingerprint density at radius 2 is 1.93 bits per heavy atom. The lowest BCUT2D eigenvalue weighted by atomic mass is 9.80. The van der Waals surface area contributed by atoms with E-state index in [2.05, 4.69) is 5.32 Å². The Morgan fingerprint density at radius 1 is 1.19 bits per heavy atom. The molecule has 1 saturated heterocycles. The summed E-state index contributed by atoms with van der Waals surface area (Å²) in [7, 11) is 0. The molecule has 0 saturated carbocycles. The predicted octanol–water partition coefficient (Wildman–Crippen LogP) is 4.21. The van der Waals surface area contributed by atoms with E-state index >= 15 is 0 Å². The number of benzene rings is 2. The number of likely N-dealkylation sites (tertiary alicyclic amines) is 1. The summed E-state index contributed by atoms with van der Waals surface area (Å²) in [5.41, 5.74) is 2.24. The summed E-state index contributed by atoms with van der Waals surface area (Å²) in [6.07, 6.45) is 1.58. The maximum Gasteiger partial charge on any atom is 0.253 e. The van der Waals surface area contributed by atoms with Crippen LogP contribution in [0.1, 0.15) is 41.3 Å². The third-order valence-corrected chi connectivity index (χ3v) is 5.41. The van der Waals surface area contributed by atoms with Crippen molar-refractivity contribution in [1.82, 2.24) is 10.2 Å². The Balaban J connectivity index is 1.65. The van der Waals surface area contributed by atoms with Gasteiger partial charge >= 0.3 is 0 Å². The third-order valence-electron chi connectivity index (χ3n) is 5.18. The SMILES string of the molecule is Cc1ccc(CNC(=O)C2(C)CCCN(C(=O)c3cccc(Cl)c3)C2)cc1. The van der Waals surface area contributed by atoms with E-state index in [0.29, 0.717) is 30.2 Å². The monoisotopic (exact) mass is 384 g/mol. The first kappa shape index (κ1) is 19.4. The molecule has 142 valence electrons. The van der Waals surface area contributed by atoms with Crippen molar-refractivity contribution in [3.8, 4) is 0 Å². The Morgan fingerprint density at radius 3 is 2.63 bits per heavy atom. The minimum absolute atomic E-state index is 0.00771. The van der Waals surface area contributed by atoms with E-state index in [9.17, 15) is 9.59 Å². The minimum Gasteiger partial charge on any atom is -0.351 e. The largest absolute Gasteiger partial charge is 0.351 e. The van der Waals surface area contributed by atoms with Crippen LogP contribution in [0.5, 0.6) is 0 Å². The second-order valence-electron chi connectivity index (χ2n) is 7.57. The smallest absolute Gasteiger partial charge is 0.253 e. The van der Waals surface area contributed by atoms with E-state index in [1.807, 2.05) is 38.1 Å². The molecule has 0 spiro atoms. The van der Waals surface area contributed by atoms with Gasteiger partial charge in [-0.1, -0.05) is 47.5 Å². The van der Waals surface area contributed by atoms with Gasteiger partial charge in [0.1, 0.15) is 0 Å². The number of aryl methyl sites for hydroxylation is 1. The van der Waals surface area contributed by atoms with Crippen molar-refractivity contribution in [2.24, 2.45) is 5.41 Å². The molecule has 0 aromatic heterocycles. The van der Waals surface area contributed by atoms with Crippen molar-refractivity contribution in [3.63, 3.8) is 0 Å². The first-order chi connectivity index (χ1) is 12.9. The Bertz CT molecular complexity index is 834. The first-order valence-corrected chi connectivity index (χ1v) is 9.64. The van der Waals surface area contributed by atoms with Crippen molar-refractivity contribution >= 4 is 23.4 Å². The predicted molar refractivity (Wildman–Crippen MR) is 108 cm³/mol. The molecule has 1 N–H and O–H groups in total. The zero-order valence-corrected chi connectivity index (χ0v) is 16.6. The maximum absolute atomic E-state index is 12.8. The average Bonchev–Trinajstić information content (AvgIpc) is 2.66. The van der Waals surface area contributed by atoms with Crippen molar-refractivity contribution in [2.75, 3.05) is 13.1 Å². The summed E-state index contributed by atoms with van der Waals surface area (Å²) in [6, 6.07) is 15.1. The van der Waals surface area contributed by atoms with E-state index in [-0.39, 0.29) is 11.8 Å². The molecule has 5 heteroatoms. The number of amides is 2. The van der Waals surface area contributed by atoms with Gasteiger partial charge in [-0.2, -0.15) is 0 Å². The molecule has 0 bridgehead atoms. The zero-order chi connectivity index (χ0) is 19.4. The van der Waals surface area contributed by atoms with Crippen LogP contribution in [0.2, 0.25) is 5.02 Å². The molecule has 27 heavy (non-hydrogen) atoms. The molecule has 1 aliphatic heterocycles. The van der Waals surface area contributed by atoms with Crippen LogP contribution in [0.3, 0.4) is 0 Å². The van der Waals surface area contributed by atoms with Gasteiger partial charge in [-0.25, -0.2) is 0 Å². The van der Waals surface area contributed by atoms with Crippen LogP contribution in [0.4, 0.5) is 0 Å². The van der Waals surface area contributed by atoms with Crippen molar-refractivity contribution in [3.05, 3.63) is 70.2 Å². The molecule has 1 heterocycles. The number of piperidine rings is 1. The van der Waals surface area contributed by atoms with Gasteiger partial charge in [0.2, 0.25) is 5.91 Å². The number of nitrogens with zero attached hydrogens (tertiary/aromatic N) is 1. The van der Waals surface area contributed by atoms with Crippen molar-refractivity contribution < 1.29 is 9.59 Å². The number of halogens is 1. The number of hydrogen-bond donors (Lipinski definition) is 1. The Kier molecular flexibility index (Phi) is 5.85. The molecule has 2 aromatic carbocycles. The van der Waals surface area contributed by atoms with Crippen molar-refractivity contribution in [1.29, 1.82) is 0 Å². The van der Waals surface area contributed by atoms with Gasteiger partial charge in [0.15, 0.2) is 0 Å². The molecule has 1 aliphatic rings. The summed E-state index contributed by atoms with van der Waals surface area (Å²) in [5, 5.41) is 3.58. The lowest BCUT2D eigenvalue weighted by Gasteiger charge is -2.39.